The molecule has 0 radical (unpaired) electrons. The molecule has 0 bridgehead atoms. The number of benzene rings is 2. The van der Waals surface area contributed by atoms with Crippen LogP contribution in [0.4, 0.5) is 5.69 Å². The molecule has 3 aromatic rings. The van der Waals surface area contributed by atoms with Crippen molar-refractivity contribution in [2.75, 3.05) is 24.3 Å². The predicted octanol–water partition coefficient (Wildman–Crippen LogP) is 5.01. The monoisotopic (exact) mass is 412 g/mol. The molecule has 0 aliphatic carbocycles. The SMILES string of the molecule is Cc1ccc(-c2csc(SCC(=O)Nc3ccc4c(c3)OCCCO4)n2)cc1. The summed E-state index contributed by atoms with van der Waals surface area (Å²) in [4.78, 5) is 16.9. The van der Waals surface area contributed by atoms with E-state index in [1.165, 1.54) is 17.3 Å². The standard InChI is InChI=1S/C21H20N2O3S2/c1-14-3-5-15(6-4-14)17-12-27-21(23-17)28-13-20(24)22-16-7-8-18-19(11-16)26-10-2-9-25-18/h3-8,11-12H,2,9-10,13H2,1H3,(H,22,24). The van der Waals surface area contributed by atoms with Crippen LogP contribution in [-0.2, 0) is 4.79 Å². The number of thiazole rings is 1. The fourth-order valence-electron chi connectivity index (χ4n) is 2.75. The van der Waals surface area contributed by atoms with Gasteiger partial charge in [-0.2, -0.15) is 0 Å². The normalized spacial score (nSPS) is 13.0. The molecule has 1 aliphatic heterocycles. The van der Waals surface area contributed by atoms with Crippen molar-refractivity contribution in [1.82, 2.24) is 4.98 Å². The molecule has 7 heteroatoms. The van der Waals surface area contributed by atoms with E-state index >= 15 is 0 Å². The van der Waals surface area contributed by atoms with Crippen molar-refractivity contribution in [3.8, 4) is 22.8 Å². The third kappa shape index (κ3) is 4.66. The molecule has 2 heterocycles. The van der Waals surface area contributed by atoms with Crippen molar-refractivity contribution >= 4 is 34.7 Å². The molecule has 0 unspecified atom stereocenters. The van der Waals surface area contributed by atoms with Gasteiger partial charge in [0.1, 0.15) is 0 Å². The minimum atomic E-state index is -0.0772. The number of thioether (sulfide) groups is 1. The van der Waals surface area contributed by atoms with E-state index in [2.05, 4.69) is 41.5 Å². The van der Waals surface area contributed by atoms with Crippen LogP contribution in [-0.4, -0.2) is 29.9 Å². The fourth-order valence-corrected chi connectivity index (χ4v) is 4.38. The van der Waals surface area contributed by atoms with Crippen LogP contribution in [0.5, 0.6) is 11.5 Å². The van der Waals surface area contributed by atoms with Crippen LogP contribution in [0, 0.1) is 6.92 Å². The van der Waals surface area contributed by atoms with E-state index in [9.17, 15) is 4.79 Å². The molecule has 1 amide bonds. The molecule has 1 aliphatic rings. The molecule has 0 fully saturated rings. The van der Waals surface area contributed by atoms with Gasteiger partial charge in [0.05, 0.1) is 24.7 Å². The van der Waals surface area contributed by atoms with Gasteiger partial charge in [0.2, 0.25) is 5.91 Å². The molecule has 1 aromatic heterocycles. The summed E-state index contributed by atoms with van der Waals surface area (Å²) in [6.07, 6.45) is 0.853. The Morgan fingerprint density at radius 3 is 2.75 bits per heavy atom. The van der Waals surface area contributed by atoms with Gasteiger partial charge in [-0.15, -0.1) is 11.3 Å². The summed E-state index contributed by atoms with van der Waals surface area (Å²) < 4.78 is 12.2. The van der Waals surface area contributed by atoms with Crippen LogP contribution < -0.4 is 14.8 Å². The average Bonchev–Trinajstić information content (AvgIpc) is 3.05. The molecule has 4 rings (SSSR count). The summed E-state index contributed by atoms with van der Waals surface area (Å²) in [5.41, 5.74) is 3.95. The highest BCUT2D eigenvalue weighted by atomic mass is 32.2. The van der Waals surface area contributed by atoms with Crippen LogP contribution in [0.25, 0.3) is 11.3 Å². The Morgan fingerprint density at radius 2 is 1.93 bits per heavy atom. The molecule has 0 atom stereocenters. The van der Waals surface area contributed by atoms with Gasteiger partial charge in [-0.05, 0) is 19.1 Å². The quantitative estimate of drug-likeness (QED) is 0.597. The first-order valence-electron chi connectivity index (χ1n) is 9.02. The minimum Gasteiger partial charge on any atom is -0.490 e. The van der Waals surface area contributed by atoms with E-state index in [4.69, 9.17) is 9.47 Å². The molecule has 28 heavy (non-hydrogen) atoms. The minimum absolute atomic E-state index is 0.0772. The number of rotatable bonds is 5. The second kappa shape index (κ2) is 8.67. The number of hydrogen-bond acceptors (Lipinski definition) is 6. The Balaban J connectivity index is 1.34. The molecule has 2 aromatic carbocycles. The Bertz CT molecular complexity index is 970. The number of amides is 1. The van der Waals surface area contributed by atoms with Crippen molar-refractivity contribution in [3.63, 3.8) is 0 Å². The van der Waals surface area contributed by atoms with Crippen molar-refractivity contribution in [1.29, 1.82) is 0 Å². The van der Waals surface area contributed by atoms with Crippen LogP contribution >= 0.6 is 23.1 Å². The predicted molar refractivity (Wildman–Crippen MR) is 114 cm³/mol. The maximum Gasteiger partial charge on any atom is 0.234 e. The van der Waals surface area contributed by atoms with Gasteiger partial charge in [0, 0.05) is 29.1 Å². The Hall–Kier alpha value is -2.51. The summed E-state index contributed by atoms with van der Waals surface area (Å²) in [5, 5.41) is 4.93. The van der Waals surface area contributed by atoms with Crippen LogP contribution in [0.15, 0.2) is 52.2 Å². The molecule has 1 N–H and O–H groups in total. The van der Waals surface area contributed by atoms with E-state index < -0.39 is 0 Å². The number of ether oxygens (including phenoxy) is 2. The zero-order valence-electron chi connectivity index (χ0n) is 15.4. The summed E-state index contributed by atoms with van der Waals surface area (Å²) >= 11 is 2.99. The number of fused-ring (bicyclic) bond motifs is 1. The zero-order chi connectivity index (χ0) is 19.3. The Labute approximate surface area is 172 Å². The van der Waals surface area contributed by atoms with E-state index in [1.807, 2.05) is 23.6 Å². The topological polar surface area (TPSA) is 60.5 Å². The molecular weight excluding hydrogens is 392 g/mol. The van der Waals surface area contributed by atoms with Crippen molar-refractivity contribution < 1.29 is 14.3 Å². The summed E-state index contributed by atoms with van der Waals surface area (Å²) in [5.74, 6) is 1.61. The number of nitrogens with one attached hydrogen (secondary N) is 1. The van der Waals surface area contributed by atoms with Gasteiger partial charge >= 0.3 is 0 Å². The maximum atomic E-state index is 12.3. The number of aromatic nitrogens is 1. The highest BCUT2D eigenvalue weighted by Gasteiger charge is 2.13. The largest absolute Gasteiger partial charge is 0.490 e. The lowest BCUT2D eigenvalue weighted by Crippen LogP contribution is -2.14. The number of nitrogens with zero attached hydrogens (tertiary/aromatic N) is 1. The number of hydrogen-bond donors (Lipinski definition) is 1. The highest BCUT2D eigenvalue weighted by molar-refractivity contribution is 8.01. The summed E-state index contributed by atoms with van der Waals surface area (Å²) in [6.45, 7) is 3.33. The first kappa shape index (κ1) is 18.8. The highest BCUT2D eigenvalue weighted by Crippen LogP contribution is 2.33. The third-order valence-corrected chi connectivity index (χ3v) is 6.21. The van der Waals surface area contributed by atoms with E-state index in [1.54, 1.807) is 11.3 Å². The van der Waals surface area contributed by atoms with Gasteiger partial charge in [-0.25, -0.2) is 4.98 Å². The number of anilines is 1. The lowest BCUT2D eigenvalue weighted by Gasteiger charge is -2.10. The zero-order valence-corrected chi connectivity index (χ0v) is 17.1. The maximum absolute atomic E-state index is 12.3. The summed E-state index contributed by atoms with van der Waals surface area (Å²) in [7, 11) is 0. The van der Waals surface area contributed by atoms with Crippen molar-refractivity contribution in [2.24, 2.45) is 0 Å². The number of carbonyl (C=O) groups excluding carboxylic acids is 1. The van der Waals surface area contributed by atoms with Gasteiger partial charge in [0.25, 0.3) is 0 Å². The van der Waals surface area contributed by atoms with E-state index in [-0.39, 0.29) is 5.91 Å². The van der Waals surface area contributed by atoms with E-state index in [0.29, 0.717) is 30.4 Å². The van der Waals surface area contributed by atoms with Gasteiger partial charge in [-0.1, -0.05) is 41.6 Å². The van der Waals surface area contributed by atoms with Gasteiger partial charge < -0.3 is 14.8 Å². The van der Waals surface area contributed by atoms with Gasteiger partial charge in [-0.3, -0.25) is 4.79 Å². The molecule has 0 saturated carbocycles. The van der Waals surface area contributed by atoms with Crippen molar-refractivity contribution in [2.45, 2.75) is 17.7 Å². The smallest absolute Gasteiger partial charge is 0.234 e. The number of carbonyl (C=O) groups is 1. The molecule has 0 spiro atoms. The lowest BCUT2D eigenvalue weighted by molar-refractivity contribution is -0.113. The fraction of sp³-hybridized carbons (Fsp3) is 0.238. The second-order valence-corrected chi connectivity index (χ2v) is 8.49. The van der Waals surface area contributed by atoms with E-state index in [0.717, 1.165) is 27.8 Å². The Kier molecular flexibility index (Phi) is 5.83. The van der Waals surface area contributed by atoms with Crippen LogP contribution in [0.1, 0.15) is 12.0 Å². The first-order valence-corrected chi connectivity index (χ1v) is 10.9. The average molecular weight is 413 g/mol. The molecule has 144 valence electrons. The lowest BCUT2D eigenvalue weighted by atomic mass is 10.1. The second-order valence-electron chi connectivity index (χ2n) is 6.41. The van der Waals surface area contributed by atoms with Crippen LogP contribution in [0.3, 0.4) is 0 Å². The first-order chi connectivity index (χ1) is 13.7. The molecule has 0 saturated heterocycles. The molecular formula is C21H20N2O3S2. The Morgan fingerprint density at radius 1 is 1.14 bits per heavy atom. The molecule has 5 nitrogen and oxygen atoms in total. The third-order valence-electron chi connectivity index (χ3n) is 4.19. The van der Waals surface area contributed by atoms with Crippen molar-refractivity contribution in [3.05, 3.63) is 53.4 Å². The number of aryl methyl sites for hydroxylation is 1. The summed E-state index contributed by atoms with van der Waals surface area (Å²) in [6, 6.07) is 13.7. The van der Waals surface area contributed by atoms with Crippen LogP contribution in [0.2, 0.25) is 0 Å². The van der Waals surface area contributed by atoms with Gasteiger partial charge in [0.15, 0.2) is 15.8 Å².